The van der Waals surface area contributed by atoms with Gasteiger partial charge in [0.2, 0.25) is 15.9 Å². The van der Waals surface area contributed by atoms with E-state index in [9.17, 15) is 13.2 Å². The van der Waals surface area contributed by atoms with E-state index in [-0.39, 0.29) is 42.2 Å². The molecule has 1 atom stereocenters. The van der Waals surface area contributed by atoms with Gasteiger partial charge in [-0.25, -0.2) is 13.1 Å². The van der Waals surface area contributed by atoms with Crippen LogP contribution in [-0.4, -0.2) is 47.7 Å². The highest BCUT2D eigenvalue weighted by molar-refractivity contribution is 7.89. The molecule has 0 spiro atoms. The summed E-state index contributed by atoms with van der Waals surface area (Å²) < 4.78 is 37.2. The first-order chi connectivity index (χ1) is 11.9. The fourth-order valence-corrected chi connectivity index (χ4v) is 3.42. The first kappa shape index (κ1) is 22.5. The van der Waals surface area contributed by atoms with Crippen molar-refractivity contribution in [2.75, 3.05) is 27.3 Å². The predicted octanol–water partition coefficient (Wildman–Crippen LogP) is 0.648. The average Bonchev–Trinajstić information content (AvgIpc) is 3.43. The van der Waals surface area contributed by atoms with Crippen LogP contribution in [0.4, 0.5) is 0 Å². The molecule has 1 aliphatic rings. The molecule has 148 valence electrons. The lowest BCUT2D eigenvalue weighted by atomic mass is 10.2. The molecule has 1 fully saturated rings. The highest BCUT2D eigenvalue weighted by atomic mass is 35.5. The first-order valence-electron chi connectivity index (χ1n) is 8.11. The Morgan fingerprint density at radius 1 is 1.27 bits per heavy atom. The maximum absolute atomic E-state index is 12.3. The van der Waals surface area contributed by atoms with E-state index in [1.165, 1.54) is 32.4 Å². The summed E-state index contributed by atoms with van der Waals surface area (Å²) in [5.74, 6) is 1.03. The lowest BCUT2D eigenvalue weighted by Crippen LogP contribution is -2.39. The molecule has 1 aliphatic carbocycles. The maximum atomic E-state index is 12.3. The number of rotatable bonds is 10. The second-order valence-electron chi connectivity index (χ2n) is 5.97. The van der Waals surface area contributed by atoms with Gasteiger partial charge in [-0.3, -0.25) is 4.79 Å². The second kappa shape index (κ2) is 9.96. The van der Waals surface area contributed by atoms with E-state index in [2.05, 4.69) is 10.0 Å². The van der Waals surface area contributed by atoms with Gasteiger partial charge in [0.25, 0.3) is 0 Å². The number of carbonyl (C=O) groups is 1. The smallest absolute Gasteiger partial charge is 0.240 e. The number of halogens is 1. The number of nitrogens with two attached hydrogens (primary N) is 1. The number of benzene rings is 1. The van der Waals surface area contributed by atoms with Crippen LogP contribution < -0.4 is 25.2 Å². The Balaban J connectivity index is 0.00000338. The Morgan fingerprint density at radius 2 is 1.92 bits per heavy atom. The van der Waals surface area contributed by atoms with E-state index >= 15 is 0 Å². The zero-order valence-corrected chi connectivity index (χ0v) is 16.5. The minimum absolute atomic E-state index is 0. The summed E-state index contributed by atoms with van der Waals surface area (Å²) in [7, 11) is -0.839. The van der Waals surface area contributed by atoms with E-state index in [0.29, 0.717) is 24.0 Å². The maximum Gasteiger partial charge on any atom is 0.240 e. The van der Waals surface area contributed by atoms with Gasteiger partial charge in [0.05, 0.1) is 19.1 Å². The van der Waals surface area contributed by atoms with Crippen molar-refractivity contribution in [1.82, 2.24) is 10.0 Å². The van der Waals surface area contributed by atoms with Crippen molar-refractivity contribution in [2.45, 2.75) is 30.2 Å². The number of ether oxygens (including phenoxy) is 2. The number of hydrogen-bond donors (Lipinski definition) is 3. The zero-order chi connectivity index (χ0) is 18.4. The Kier molecular flexibility index (Phi) is 8.61. The van der Waals surface area contributed by atoms with Gasteiger partial charge < -0.3 is 20.5 Å². The van der Waals surface area contributed by atoms with E-state index in [1.54, 1.807) is 0 Å². The summed E-state index contributed by atoms with van der Waals surface area (Å²) in [5, 5.41) is 2.73. The van der Waals surface area contributed by atoms with Crippen LogP contribution in [0.5, 0.6) is 11.5 Å². The molecule has 0 aliphatic heterocycles. The quantitative estimate of drug-likeness (QED) is 0.523. The van der Waals surface area contributed by atoms with Crippen molar-refractivity contribution in [1.29, 1.82) is 0 Å². The van der Waals surface area contributed by atoms with Gasteiger partial charge in [-0.2, -0.15) is 0 Å². The summed E-state index contributed by atoms with van der Waals surface area (Å²) in [6.07, 6.45) is 2.27. The van der Waals surface area contributed by atoms with Crippen LogP contribution in [0.3, 0.4) is 0 Å². The number of methoxy groups -OCH3 is 2. The second-order valence-corrected chi connectivity index (χ2v) is 7.74. The molecule has 2 rings (SSSR count). The number of nitrogens with one attached hydrogen (secondary N) is 2. The Bertz CT molecular complexity index is 710. The van der Waals surface area contributed by atoms with Crippen LogP contribution in [0.15, 0.2) is 23.1 Å². The topological polar surface area (TPSA) is 120 Å². The van der Waals surface area contributed by atoms with Gasteiger partial charge in [0, 0.05) is 31.6 Å². The van der Waals surface area contributed by atoms with Crippen molar-refractivity contribution in [3.63, 3.8) is 0 Å². The zero-order valence-electron chi connectivity index (χ0n) is 14.9. The van der Waals surface area contributed by atoms with Crippen LogP contribution in [0.1, 0.15) is 19.3 Å². The van der Waals surface area contributed by atoms with Crippen LogP contribution in [-0.2, 0) is 14.8 Å². The van der Waals surface area contributed by atoms with E-state index in [1.807, 2.05) is 0 Å². The fraction of sp³-hybridized carbons (Fsp3) is 0.562. The molecule has 0 saturated heterocycles. The van der Waals surface area contributed by atoms with Crippen molar-refractivity contribution in [3.05, 3.63) is 18.2 Å². The Morgan fingerprint density at radius 3 is 2.50 bits per heavy atom. The third-order valence-corrected chi connectivity index (χ3v) is 5.53. The van der Waals surface area contributed by atoms with Gasteiger partial charge in [0.15, 0.2) is 11.5 Å². The molecule has 1 unspecified atom stereocenters. The van der Waals surface area contributed by atoms with E-state index < -0.39 is 10.0 Å². The molecule has 26 heavy (non-hydrogen) atoms. The molecule has 0 heterocycles. The van der Waals surface area contributed by atoms with Gasteiger partial charge in [-0.05, 0) is 30.9 Å². The molecular formula is C16H26ClN3O5S. The molecule has 1 aromatic carbocycles. The Labute approximate surface area is 160 Å². The highest BCUT2D eigenvalue weighted by Crippen LogP contribution is 2.31. The third-order valence-electron chi connectivity index (χ3n) is 4.07. The fourth-order valence-electron chi connectivity index (χ4n) is 2.38. The Hall–Kier alpha value is -1.55. The van der Waals surface area contributed by atoms with Crippen LogP contribution in [0.2, 0.25) is 0 Å². The van der Waals surface area contributed by atoms with Crippen molar-refractivity contribution in [2.24, 2.45) is 11.7 Å². The lowest BCUT2D eigenvalue weighted by Gasteiger charge is -2.12. The van der Waals surface area contributed by atoms with Gasteiger partial charge in [-0.1, -0.05) is 0 Å². The average molecular weight is 408 g/mol. The first-order valence-corrected chi connectivity index (χ1v) is 9.59. The molecular weight excluding hydrogens is 382 g/mol. The van der Waals surface area contributed by atoms with Gasteiger partial charge in [-0.15, -0.1) is 12.4 Å². The van der Waals surface area contributed by atoms with E-state index in [0.717, 1.165) is 12.8 Å². The van der Waals surface area contributed by atoms with Crippen LogP contribution in [0.25, 0.3) is 0 Å². The highest BCUT2D eigenvalue weighted by Gasteiger charge is 2.28. The molecule has 10 heteroatoms. The largest absolute Gasteiger partial charge is 0.493 e. The minimum atomic E-state index is -3.74. The summed E-state index contributed by atoms with van der Waals surface area (Å²) in [6.45, 7) is 0.424. The van der Waals surface area contributed by atoms with E-state index in [4.69, 9.17) is 15.2 Å². The molecule has 1 saturated carbocycles. The molecule has 4 N–H and O–H groups in total. The summed E-state index contributed by atoms with van der Waals surface area (Å²) in [6, 6.07) is 4.28. The van der Waals surface area contributed by atoms with Crippen molar-refractivity contribution < 1.29 is 22.7 Å². The number of amides is 1. The molecule has 8 nitrogen and oxygen atoms in total. The summed E-state index contributed by atoms with van der Waals surface area (Å²) in [5.41, 5.74) is 5.90. The minimum Gasteiger partial charge on any atom is -0.493 e. The van der Waals surface area contributed by atoms with Gasteiger partial charge >= 0.3 is 0 Å². The molecule has 0 bridgehead atoms. The summed E-state index contributed by atoms with van der Waals surface area (Å²) in [4.78, 5) is 11.8. The molecule has 0 radical (unpaired) electrons. The summed E-state index contributed by atoms with van der Waals surface area (Å²) >= 11 is 0. The lowest BCUT2D eigenvalue weighted by molar-refractivity contribution is -0.121. The van der Waals surface area contributed by atoms with Gasteiger partial charge in [0.1, 0.15) is 0 Å². The molecule has 1 amide bonds. The molecule has 0 aromatic heterocycles. The predicted molar refractivity (Wildman–Crippen MR) is 100 cm³/mol. The number of hydrogen-bond acceptors (Lipinski definition) is 6. The molecule has 1 aromatic rings. The standard InChI is InChI=1S/C16H25N3O5S.ClH/c1-23-14-6-5-12(9-15(14)24-2)25(21,22)19-8-7-16(20)18-10-13(17)11-3-4-11;/h5-6,9,11,13,19H,3-4,7-8,10,17H2,1-2H3,(H,18,20);1H. The van der Waals surface area contributed by atoms with Crippen molar-refractivity contribution in [3.8, 4) is 11.5 Å². The van der Waals surface area contributed by atoms with Crippen molar-refractivity contribution >= 4 is 28.3 Å². The van der Waals surface area contributed by atoms with Crippen LogP contribution in [0, 0.1) is 5.92 Å². The monoisotopic (exact) mass is 407 g/mol. The number of sulfonamides is 1. The number of carbonyl (C=O) groups excluding carboxylic acids is 1. The normalized spacial score (nSPS) is 14.9. The third kappa shape index (κ3) is 6.31. The van der Waals surface area contributed by atoms with Crippen LogP contribution >= 0.6 is 12.4 Å². The SMILES string of the molecule is COc1ccc(S(=O)(=O)NCCC(=O)NCC(N)C2CC2)cc1OC.Cl.